The third-order valence-corrected chi connectivity index (χ3v) is 3.91. The number of nitrogen functional groups attached to an aromatic ring is 1. The lowest BCUT2D eigenvalue weighted by atomic mass is 10.1. The molecule has 2 aromatic rings. The number of fused-ring (bicyclic) bond motifs is 1. The van der Waals surface area contributed by atoms with E-state index >= 15 is 0 Å². The molecular weight excluding hydrogens is 252 g/mol. The SMILES string of the molecule is Nc1ccc(-c2cnc3n2SCC3)cc1[N+](=O)[O-]. The number of nitrogens with two attached hydrogens (primary N) is 1. The molecule has 1 aliphatic rings. The van der Waals surface area contributed by atoms with Crippen molar-refractivity contribution in [1.29, 1.82) is 0 Å². The highest BCUT2D eigenvalue weighted by Crippen LogP contribution is 2.33. The first kappa shape index (κ1) is 11.1. The van der Waals surface area contributed by atoms with Crippen LogP contribution in [0.25, 0.3) is 11.3 Å². The number of hydrogen-bond donors (Lipinski definition) is 1. The molecule has 0 fully saturated rings. The zero-order valence-electron chi connectivity index (χ0n) is 9.37. The fraction of sp³-hybridized carbons (Fsp3) is 0.182. The second-order valence-corrected chi connectivity index (χ2v) is 5.00. The zero-order valence-corrected chi connectivity index (χ0v) is 10.2. The molecule has 0 saturated carbocycles. The van der Waals surface area contributed by atoms with Crippen molar-refractivity contribution < 1.29 is 4.92 Å². The van der Waals surface area contributed by atoms with E-state index in [0.717, 1.165) is 29.3 Å². The van der Waals surface area contributed by atoms with Crippen molar-refractivity contribution >= 4 is 23.3 Å². The molecule has 0 amide bonds. The average molecular weight is 262 g/mol. The van der Waals surface area contributed by atoms with Crippen molar-refractivity contribution in [2.24, 2.45) is 0 Å². The number of anilines is 1. The summed E-state index contributed by atoms with van der Waals surface area (Å²) in [7, 11) is 0. The van der Waals surface area contributed by atoms with Crippen LogP contribution in [0.5, 0.6) is 0 Å². The first-order valence-corrected chi connectivity index (χ1v) is 6.35. The van der Waals surface area contributed by atoms with E-state index in [0.29, 0.717) is 0 Å². The highest BCUT2D eigenvalue weighted by molar-refractivity contribution is 7.98. The van der Waals surface area contributed by atoms with Crippen molar-refractivity contribution in [2.45, 2.75) is 6.42 Å². The van der Waals surface area contributed by atoms with Crippen LogP contribution < -0.4 is 5.73 Å². The van der Waals surface area contributed by atoms with E-state index in [9.17, 15) is 10.1 Å². The van der Waals surface area contributed by atoms with Gasteiger partial charge in [-0.05, 0) is 18.0 Å². The zero-order chi connectivity index (χ0) is 12.7. The van der Waals surface area contributed by atoms with Gasteiger partial charge in [0.05, 0.1) is 16.8 Å². The first-order valence-electron chi connectivity index (χ1n) is 5.41. The Hall–Kier alpha value is -2.02. The van der Waals surface area contributed by atoms with E-state index in [1.807, 2.05) is 3.97 Å². The number of aromatic nitrogens is 2. The Balaban J connectivity index is 2.12. The van der Waals surface area contributed by atoms with E-state index in [-0.39, 0.29) is 11.4 Å². The van der Waals surface area contributed by atoms with Gasteiger partial charge in [0.15, 0.2) is 0 Å². The van der Waals surface area contributed by atoms with E-state index in [1.54, 1.807) is 30.3 Å². The van der Waals surface area contributed by atoms with Gasteiger partial charge < -0.3 is 5.73 Å². The van der Waals surface area contributed by atoms with E-state index in [1.165, 1.54) is 6.07 Å². The molecule has 0 unspecified atom stereocenters. The Morgan fingerprint density at radius 2 is 2.33 bits per heavy atom. The predicted molar refractivity (Wildman–Crippen MR) is 70.3 cm³/mol. The van der Waals surface area contributed by atoms with Crippen LogP contribution in [0.2, 0.25) is 0 Å². The number of nitro benzene ring substituents is 1. The molecular formula is C11H10N4O2S. The van der Waals surface area contributed by atoms with Crippen molar-refractivity contribution in [3.05, 3.63) is 40.3 Å². The molecule has 7 heteroatoms. The van der Waals surface area contributed by atoms with Gasteiger partial charge in [0.1, 0.15) is 11.5 Å². The smallest absolute Gasteiger partial charge is 0.292 e. The van der Waals surface area contributed by atoms with Crippen LogP contribution in [0.1, 0.15) is 5.82 Å². The van der Waals surface area contributed by atoms with E-state index < -0.39 is 4.92 Å². The van der Waals surface area contributed by atoms with E-state index in [4.69, 9.17) is 5.73 Å². The molecule has 1 aromatic carbocycles. The van der Waals surface area contributed by atoms with E-state index in [2.05, 4.69) is 4.98 Å². The fourth-order valence-corrected chi connectivity index (χ4v) is 3.01. The number of rotatable bonds is 2. The number of aryl methyl sites for hydroxylation is 1. The molecule has 0 bridgehead atoms. The topological polar surface area (TPSA) is 87.0 Å². The van der Waals surface area contributed by atoms with Gasteiger partial charge in [-0.1, -0.05) is 6.07 Å². The predicted octanol–water partition coefficient (Wildman–Crippen LogP) is 2.09. The number of imidazole rings is 1. The molecule has 0 aliphatic carbocycles. The van der Waals surface area contributed by atoms with Gasteiger partial charge in [0.2, 0.25) is 0 Å². The molecule has 0 radical (unpaired) electrons. The van der Waals surface area contributed by atoms with Gasteiger partial charge in [0.25, 0.3) is 5.69 Å². The molecule has 0 spiro atoms. The standard InChI is InChI=1S/C11H10N4O2S/c12-8-2-1-7(5-9(8)15(16)17)10-6-13-11-3-4-18-14(10)11/h1-2,5-6H,3-4,12H2. The maximum absolute atomic E-state index is 10.9. The molecule has 0 saturated heterocycles. The normalized spacial score (nSPS) is 13.6. The van der Waals surface area contributed by atoms with Crippen LogP contribution in [0.4, 0.5) is 11.4 Å². The summed E-state index contributed by atoms with van der Waals surface area (Å²) in [6.45, 7) is 0. The molecule has 18 heavy (non-hydrogen) atoms. The number of nitrogens with zero attached hydrogens (tertiary/aromatic N) is 3. The monoisotopic (exact) mass is 262 g/mol. The highest BCUT2D eigenvalue weighted by Gasteiger charge is 2.20. The summed E-state index contributed by atoms with van der Waals surface area (Å²) in [5.74, 6) is 2.00. The Morgan fingerprint density at radius 3 is 3.11 bits per heavy atom. The third kappa shape index (κ3) is 1.63. The minimum atomic E-state index is -0.465. The molecule has 6 nitrogen and oxygen atoms in total. The minimum absolute atomic E-state index is 0.0638. The molecule has 3 rings (SSSR count). The Kier molecular flexibility index (Phi) is 2.48. The summed E-state index contributed by atoms with van der Waals surface area (Å²) >= 11 is 1.67. The van der Waals surface area contributed by atoms with Gasteiger partial charge >= 0.3 is 0 Å². The van der Waals surface area contributed by atoms with Crippen LogP contribution >= 0.6 is 11.9 Å². The van der Waals surface area contributed by atoms with Gasteiger partial charge in [-0.3, -0.25) is 14.1 Å². The number of nitro groups is 1. The van der Waals surface area contributed by atoms with Crippen molar-refractivity contribution in [3.63, 3.8) is 0 Å². The van der Waals surface area contributed by atoms with Gasteiger partial charge in [-0.25, -0.2) is 4.98 Å². The molecule has 1 aromatic heterocycles. The van der Waals surface area contributed by atoms with Crippen LogP contribution in [0.15, 0.2) is 24.4 Å². The number of hydrogen-bond acceptors (Lipinski definition) is 5. The Labute approximate surface area is 107 Å². The average Bonchev–Trinajstić information content (AvgIpc) is 2.91. The van der Waals surface area contributed by atoms with Crippen molar-refractivity contribution in [3.8, 4) is 11.3 Å². The van der Waals surface area contributed by atoms with Gasteiger partial charge in [0, 0.05) is 23.8 Å². The maximum Gasteiger partial charge on any atom is 0.292 e. The highest BCUT2D eigenvalue weighted by atomic mass is 32.2. The Bertz CT molecular complexity index is 638. The summed E-state index contributed by atoms with van der Waals surface area (Å²) in [5.41, 5.74) is 7.35. The molecule has 2 heterocycles. The van der Waals surface area contributed by atoms with Crippen LogP contribution in [0, 0.1) is 10.1 Å². The van der Waals surface area contributed by atoms with Gasteiger partial charge in [-0.2, -0.15) is 0 Å². The quantitative estimate of drug-likeness (QED) is 0.508. The largest absolute Gasteiger partial charge is 0.393 e. The minimum Gasteiger partial charge on any atom is -0.393 e. The summed E-state index contributed by atoms with van der Waals surface area (Å²) in [4.78, 5) is 14.7. The maximum atomic E-state index is 10.9. The molecule has 0 atom stereocenters. The van der Waals surface area contributed by atoms with Crippen LogP contribution in [0.3, 0.4) is 0 Å². The summed E-state index contributed by atoms with van der Waals surface area (Å²) < 4.78 is 2.02. The van der Waals surface area contributed by atoms with Crippen molar-refractivity contribution in [2.75, 3.05) is 11.5 Å². The number of benzene rings is 1. The van der Waals surface area contributed by atoms with Crippen LogP contribution in [-0.2, 0) is 6.42 Å². The molecule has 2 N–H and O–H groups in total. The Morgan fingerprint density at radius 1 is 1.50 bits per heavy atom. The lowest BCUT2D eigenvalue weighted by Crippen LogP contribution is -1.96. The second kappa shape index (κ2) is 4.02. The lowest BCUT2D eigenvalue weighted by molar-refractivity contribution is -0.383. The summed E-state index contributed by atoms with van der Waals surface area (Å²) in [6, 6.07) is 4.84. The van der Waals surface area contributed by atoms with Gasteiger partial charge in [-0.15, -0.1) is 0 Å². The molecule has 92 valence electrons. The summed E-state index contributed by atoms with van der Waals surface area (Å²) in [5, 5.41) is 10.9. The first-order chi connectivity index (χ1) is 8.66. The third-order valence-electron chi connectivity index (χ3n) is 2.86. The lowest BCUT2D eigenvalue weighted by Gasteiger charge is -2.04. The molecule has 1 aliphatic heterocycles. The fourth-order valence-electron chi connectivity index (χ4n) is 1.97. The summed E-state index contributed by atoms with van der Waals surface area (Å²) in [6.07, 6.45) is 2.68. The van der Waals surface area contributed by atoms with Crippen molar-refractivity contribution in [1.82, 2.24) is 8.96 Å². The van der Waals surface area contributed by atoms with Crippen LogP contribution in [-0.4, -0.2) is 19.6 Å². The second-order valence-electron chi connectivity index (χ2n) is 3.97.